The Kier molecular flexibility index (Phi) is 5.15. The number of rotatable bonds is 5. The maximum absolute atomic E-state index is 12.1. The van der Waals surface area contributed by atoms with Crippen LogP contribution in [-0.4, -0.2) is 36.9 Å². The van der Waals surface area contributed by atoms with Crippen LogP contribution in [-0.2, 0) is 4.79 Å². The predicted octanol–water partition coefficient (Wildman–Crippen LogP) is 1.05. The van der Waals surface area contributed by atoms with Gasteiger partial charge in [-0.1, -0.05) is 0 Å². The van der Waals surface area contributed by atoms with E-state index < -0.39 is 4.92 Å². The number of nitro benzene ring substituents is 1. The maximum atomic E-state index is 12.1. The third-order valence-corrected chi connectivity index (χ3v) is 4.01. The number of benzene rings is 1. The van der Waals surface area contributed by atoms with Gasteiger partial charge in [-0.2, -0.15) is 0 Å². The van der Waals surface area contributed by atoms with E-state index in [1.165, 1.54) is 19.2 Å². The van der Waals surface area contributed by atoms with E-state index in [9.17, 15) is 19.7 Å². The zero-order valence-corrected chi connectivity index (χ0v) is 12.9. The van der Waals surface area contributed by atoms with Crippen LogP contribution in [0.4, 0.5) is 11.4 Å². The Labute approximate surface area is 133 Å². The summed E-state index contributed by atoms with van der Waals surface area (Å²) in [5, 5.41) is 13.4. The number of nitrogens with one attached hydrogen (secondary N) is 1. The smallest absolute Gasteiger partial charge is 0.270 e. The fourth-order valence-corrected chi connectivity index (χ4v) is 2.96. The van der Waals surface area contributed by atoms with Crippen LogP contribution in [0.3, 0.4) is 0 Å². The molecule has 1 aromatic carbocycles. The van der Waals surface area contributed by atoms with Crippen LogP contribution in [0.1, 0.15) is 29.6 Å². The molecular formula is C15H20N4O4. The lowest BCUT2D eigenvalue weighted by Crippen LogP contribution is -2.38. The quantitative estimate of drug-likeness (QED) is 0.621. The van der Waals surface area contributed by atoms with Crippen LogP contribution in [0.2, 0.25) is 0 Å². The number of non-ortho nitro benzene ring substituents is 1. The van der Waals surface area contributed by atoms with Crippen molar-refractivity contribution in [2.24, 2.45) is 11.7 Å². The Bertz CT molecular complexity index is 632. The SMILES string of the molecule is CNC(=O)c1cc([N+](=O)[O-])ccc1N1CCCC(CC(N)=O)C1. The number of hydrogen-bond acceptors (Lipinski definition) is 5. The molecule has 1 aliphatic heterocycles. The molecule has 1 unspecified atom stereocenters. The first-order valence-corrected chi connectivity index (χ1v) is 7.46. The van der Waals surface area contributed by atoms with Gasteiger partial charge in [0.2, 0.25) is 5.91 Å². The number of carbonyl (C=O) groups is 2. The predicted molar refractivity (Wildman–Crippen MR) is 85.2 cm³/mol. The topological polar surface area (TPSA) is 119 Å². The fourth-order valence-electron chi connectivity index (χ4n) is 2.96. The van der Waals surface area contributed by atoms with Gasteiger partial charge in [0.1, 0.15) is 0 Å². The second-order valence-corrected chi connectivity index (χ2v) is 5.66. The van der Waals surface area contributed by atoms with Crippen molar-refractivity contribution in [3.05, 3.63) is 33.9 Å². The summed E-state index contributed by atoms with van der Waals surface area (Å²) in [6, 6.07) is 4.26. The van der Waals surface area contributed by atoms with Crippen molar-refractivity contribution >= 4 is 23.2 Å². The van der Waals surface area contributed by atoms with Crippen LogP contribution in [0.5, 0.6) is 0 Å². The number of nitrogens with zero attached hydrogens (tertiary/aromatic N) is 2. The van der Waals surface area contributed by atoms with E-state index in [2.05, 4.69) is 5.32 Å². The van der Waals surface area contributed by atoms with Gasteiger partial charge < -0.3 is 16.0 Å². The fraction of sp³-hybridized carbons (Fsp3) is 0.467. The van der Waals surface area contributed by atoms with Crippen LogP contribution in [0.25, 0.3) is 0 Å². The molecule has 8 heteroatoms. The average molecular weight is 320 g/mol. The first-order chi connectivity index (χ1) is 10.9. The van der Waals surface area contributed by atoms with Crippen molar-refractivity contribution in [3.8, 4) is 0 Å². The summed E-state index contributed by atoms with van der Waals surface area (Å²) in [6.07, 6.45) is 2.09. The van der Waals surface area contributed by atoms with E-state index >= 15 is 0 Å². The number of nitrogens with two attached hydrogens (primary N) is 1. The maximum Gasteiger partial charge on any atom is 0.270 e. The zero-order chi connectivity index (χ0) is 17.0. The highest BCUT2D eigenvalue weighted by Gasteiger charge is 2.25. The van der Waals surface area contributed by atoms with Gasteiger partial charge >= 0.3 is 0 Å². The van der Waals surface area contributed by atoms with Gasteiger partial charge in [0.15, 0.2) is 0 Å². The van der Waals surface area contributed by atoms with Gasteiger partial charge in [-0.05, 0) is 24.8 Å². The summed E-state index contributed by atoms with van der Waals surface area (Å²) in [4.78, 5) is 35.6. The van der Waals surface area contributed by atoms with Crippen LogP contribution >= 0.6 is 0 Å². The summed E-state index contributed by atoms with van der Waals surface area (Å²) >= 11 is 0. The molecule has 0 bridgehead atoms. The molecule has 23 heavy (non-hydrogen) atoms. The first kappa shape index (κ1) is 16.7. The molecule has 0 saturated carbocycles. The standard InChI is InChI=1S/C15H20N4O4/c1-17-15(21)12-8-11(19(22)23)4-5-13(12)18-6-2-3-10(9-18)7-14(16)20/h4-5,8,10H,2-3,6-7,9H2,1H3,(H2,16,20)(H,17,21). The summed E-state index contributed by atoms with van der Waals surface area (Å²) in [6.45, 7) is 1.34. The van der Waals surface area contributed by atoms with Gasteiger partial charge in [-0.25, -0.2) is 0 Å². The molecule has 0 aliphatic carbocycles. The Morgan fingerprint density at radius 1 is 1.48 bits per heavy atom. The molecule has 0 spiro atoms. The van der Waals surface area contributed by atoms with Crippen molar-refractivity contribution < 1.29 is 14.5 Å². The monoisotopic (exact) mass is 320 g/mol. The van der Waals surface area contributed by atoms with Crippen molar-refractivity contribution in [3.63, 3.8) is 0 Å². The molecule has 2 rings (SSSR count). The second-order valence-electron chi connectivity index (χ2n) is 5.66. The van der Waals surface area contributed by atoms with E-state index in [1.807, 2.05) is 4.90 Å². The van der Waals surface area contributed by atoms with Gasteiger partial charge in [-0.15, -0.1) is 0 Å². The number of hydrogen-bond donors (Lipinski definition) is 2. The van der Waals surface area contributed by atoms with Gasteiger partial charge in [-0.3, -0.25) is 19.7 Å². The normalized spacial score (nSPS) is 17.6. The summed E-state index contributed by atoms with van der Waals surface area (Å²) in [5.41, 5.74) is 6.04. The first-order valence-electron chi connectivity index (χ1n) is 7.46. The van der Waals surface area contributed by atoms with E-state index in [0.717, 1.165) is 19.4 Å². The lowest BCUT2D eigenvalue weighted by atomic mass is 9.93. The number of nitro groups is 1. The molecule has 2 amide bonds. The minimum atomic E-state index is -0.525. The molecule has 1 atom stereocenters. The molecule has 1 saturated heterocycles. The average Bonchev–Trinajstić information content (AvgIpc) is 2.53. The Morgan fingerprint density at radius 3 is 2.83 bits per heavy atom. The largest absolute Gasteiger partial charge is 0.371 e. The molecule has 8 nitrogen and oxygen atoms in total. The van der Waals surface area contributed by atoms with Crippen molar-refractivity contribution in [2.45, 2.75) is 19.3 Å². The summed E-state index contributed by atoms with van der Waals surface area (Å²) in [5.74, 6) is -0.582. The van der Waals surface area contributed by atoms with E-state index in [4.69, 9.17) is 5.73 Å². The molecular weight excluding hydrogens is 300 g/mol. The Balaban J connectivity index is 2.31. The molecule has 1 fully saturated rings. The molecule has 1 aliphatic rings. The Hall–Kier alpha value is -2.64. The lowest BCUT2D eigenvalue weighted by Gasteiger charge is -2.34. The van der Waals surface area contributed by atoms with Crippen molar-refractivity contribution in [1.29, 1.82) is 0 Å². The molecule has 1 aromatic rings. The summed E-state index contributed by atoms with van der Waals surface area (Å²) < 4.78 is 0. The number of anilines is 1. The third kappa shape index (κ3) is 3.97. The van der Waals surface area contributed by atoms with Crippen LogP contribution in [0.15, 0.2) is 18.2 Å². The summed E-state index contributed by atoms with van der Waals surface area (Å²) in [7, 11) is 1.48. The molecule has 0 radical (unpaired) electrons. The van der Waals surface area contributed by atoms with E-state index in [1.54, 1.807) is 6.07 Å². The number of primary amides is 1. The van der Waals surface area contributed by atoms with E-state index in [0.29, 0.717) is 18.7 Å². The van der Waals surface area contributed by atoms with E-state index in [-0.39, 0.29) is 29.0 Å². The Morgan fingerprint density at radius 2 is 2.22 bits per heavy atom. The lowest BCUT2D eigenvalue weighted by molar-refractivity contribution is -0.384. The second kappa shape index (κ2) is 7.08. The minimum absolute atomic E-state index is 0.127. The van der Waals surface area contributed by atoms with Crippen LogP contribution in [0, 0.1) is 16.0 Å². The van der Waals surface area contributed by atoms with Crippen molar-refractivity contribution in [1.82, 2.24) is 5.32 Å². The van der Waals surface area contributed by atoms with Gasteiger partial charge in [0.05, 0.1) is 16.2 Å². The highest BCUT2D eigenvalue weighted by atomic mass is 16.6. The number of piperidine rings is 1. The highest BCUT2D eigenvalue weighted by Crippen LogP contribution is 2.30. The van der Waals surface area contributed by atoms with Crippen LogP contribution < -0.4 is 16.0 Å². The third-order valence-electron chi connectivity index (χ3n) is 4.01. The molecule has 0 aromatic heterocycles. The van der Waals surface area contributed by atoms with Gasteiger partial charge in [0.25, 0.3) is 11.6 Å². The zero-order valence-electron chi connectivity index (χ0n) is 12.9. The number of amides is 2. The van der Waals surface area contributed by atoms with Crippen molar-refractivity contribution in [2.75, 3.05) is 25.0 Å². The molecule has 3 N–H and O–H groups in total. The van der Waals surface area contributed by atoms with Gasteiger partial charge in [0, 0.05) is 38.7 Å². The molecule has 124 valence electrons. The molecule has 1 heterocycles. The number of carbonyl (C=O) groups excluding carboxylic acids is 2. The minimum Gasteiger partial charge on any atom is -0.371 e. The highest BCUT2D eigenvalue weighted by molar-refractivity contribution is 6.00.